The molecule has 0 bridgehead atoms. The van der Waals surface area contributed by atoms with Gasteiger partial charge in [0, 0.05) is 6.54 Å². The minimum atomic E-state index is -1.39. The Labute approximate surface area is 83.3 Å². The van der Waals surface area contributed by atoms with Crippen molar-refractivity contribution in [2.24, 2.45) is 5.73 Å². The number of nitro groups is 1. The van der Waals surface area contributed by atoms with Crippen LogP contribution in [0.4, 0.5) is 14.5 Å². The minimum absolute atomic E-state index is 0.314. The lowest BCUT2D eigenvalue weighted by atomic mass is 10.1. The Morgan fingerprint density at radius 1 is 1.47 bits per heavy atom. The maximum Gasteiger partial charge on any atom is 0.278 e. The molecule has 0 aliphatic carbocycles. The zero-order chi connectivity index (χ0) is 11.6. The fourth-order valence-electron chi connectivity index (χ4n) is 1.10. The van der Waals surface area contributed by atoms with E-state index in [0.717, 1.165) is 0 Å². The normalized spacial score (nSPS) is 12.5. The number of aliphatic hydroxyl groups excluding tert-OH is 1. The van der Waals surface area contributed by atoms with Gasteiger partial charge in [-0.2, -0.15) is 0 Å². The second kappa shape index (κ2) is 4.28. The van der Waals surface area contributed by atoms with Crippen molar-refractivity contribution in [2.45, 2.75) is 6.10 Å². The summed E-state index contributed by atoms with van der Waals surface area (Å²) < 4.78 is 25.5. The van der Waals surface area contributed by atoms with Gasteiger partial charge in [0.15, 0.2) is 11.6 Å². The van der Waals surface area contributed by atoms with Gasteiger partial charge in [0.1, 0.15) is 0 Å². The van der Waals surface area contributed by atoms with E-state index in [4.69, 9.17) is 5.73 Å². The van der Waals surface area contributed by atoms with Crippen LogP contribution in [0, 0.1) is 21.7 Å². The van der Waals surface area contributed by atoms with Gasteiger partial charge in [-0.1, -0.05) is 0 Å². The summed E-state index contributed by atoms with van der Waals surface area (Å²) in [4.78, 5) is 9.56. The van der Waals surface area contributed by atoms with Crippen molar-refractivity contribution < 1.29 is 18.8 Å². The summed E-state index contributed by atoms with van der Waals surface area (Å²) in [6, 6.07) is 0.995. The lowest BCUT2D eigenvalue weighted by molar-refractivity contribution is -0.386. The molecule has 15 heavy (non-hydrogen) atoms. The van der Waals surface area contributed by atoms with Crippen molar-refractivity contribution in [3.8, 4) is 0 Å². The molecule has 1 atom stereocenters. The molecule has 0 radical (unpaired) electrons. The second-order valence-electron chi connectivity index (χ2n) is 2.83. The van der Waals surface area contributed by atoms with E-state index in [-0.39, 0.29) is 12.1 Å². The van der Waals surface area contributed by atoms with Gasteiger partial charge in [-0.05, 0) is 6.07 Å². The van der Waals surface area contributed by atoms with Gasteiger partial charge in [0.05, 0.1) is 22.7 Å². The zero-order valence-electron chi connectivity index (χ0n) is 7.48. The largest absolute Gasteiger partial charge is 0.387 e. The van der Waals surface area contributed by atoms with Gasteiger partial charge < -0.3 is 10.8 Å². The van der Waals surface area contributed by atoms with E-state index in [0.29, 0.717) is 12.1 Å². The van der Waals surface area contributed by atoms with Gasteiger partial charge in [-0.15, -0.1) is 0 Å². The standard InChI is InChI=1S/C8H8F2N2O3/c9-5-1-4(8(13)3-11)7(12(14)15)2-6(5)10/h1-2,8,13H,3,11H2. The average molecular weight is 218 g/mol. The first kappa shape index (κ1) is 11.5. The Kier molecular flexibility index (Phi) is 3.28. The number of halogens is 2. The fraction of sp³-hybridized carbons (Fsp3) is 0.250. The van der Waals surface area contributed by atoms with Crippen LogP contribution in [0.15, 0.2) is 12.1 Å². The van der Waals surface area contributed by atoms with E-state index in [2.05, 4.69) is 0 Å². The third-order valence-corrected chi connectivity index (χ3v) is 1.85. The minimum Gasteiger partial charge on any atom is -0.387 e. The fourth-order valence-corrected chi connectivity index (χ4v) is 1.10. The monoisotopic (exact) mass is 218 g/mol. The molecule has 3 N–H and O–H groups in total. The molecule has 0 heterocycles. The molecule has 0 saturated heterocycles. The SMILES string of the molecule is NCC(O)c1cc(F)c(F)cc1[N+](=O)[O-]. The topological polar surface area (TPSA) is 89.4 Å². The molecule has 5 nitrogen and oxygen atoms in total. The number of aliphatic hydroxyl groups is 1. The van der Waals surface area contributed by atoms with Crippen molar-refractivity contribution >= 4 is 5.69 Å². The van der Waals surface area contributed by atoms with Crippen LogP contribution >= 0.6 is 0 Å². The first-order chi connectivity index (χ1) is 6.97. The van der Waals surface area contributed by atoms with Gasteiger partial charge in [-0.3, -0.25) is 10.1 Å². The summed E-state index contributed by atoms with van der Waals surface area (Å²) in [6.07, 6.45) is -1.39. The lowest BCUT2D eigenvalue weighted by Crippen LogP contribution is -2.14. The van der Waals surface area contributed by atoms with Crippen molar-refractivity contribution in [3.05, 3.63) is 39.4 Å². The molecule has 82 valence electrons. The Bertz CT molecular complexity index is 398. The summed E-state index contributed by atoms with van der Waals surface area (Å²) in [5.74, 6) is -2.60. The molecular weight excluding hydrogens is 210 g/mol. The number of hydrogen-bond donors (Lipinski definition) is 2. The summed E-state index contributed by atoms with van der Waals surface area (Å²) in [6.45, 7) is -0.314. The Morgan fingerprint density at radius 2 is 2.00 bits per heavy atom. The Hall–Kier alpha value is -1.60. The van der Waals surface area contributed by atoms with Crippen LogP contribution in [-0.2, 0) is 0 Å². The van der Waals surface area contributed by atoms with E-state index in [1.165, 1.54) is 0 Å². The predicted octanol–water partition coefficient (Wildman–Crippen LogP) is 0.865. The zero-order valence-corrected chi connectivity index (χ0v) is 7.48. The van der Waals surface area contributed by atoms with E-state index in [1.54, 1.807) is 0 Å². The quantitative estimate of drug-likeness (QED) is 0.581. The van der Waals surface area contributed by atoms with Crippen LogP contribution in [0.25, 0.3) is 0 Å². The molecule has 1 aromatic carbocycles. The van der Waals surface area contributed by atoms with Crippen LogP contribution < -0.4 is 5.73 Å². The highest BCUT2D eigenvalue weighted by atomic mass is 19.2. The molecule has 0 spiro atoms. The molecule has 1 aromatic rings. The van der Waals surface area contributed by atoms with Gasteiger partial charge >= 0.3 is 0 Å². The molecule has 0 aromatic heterocycles. The highest BCUT2D eigenvalue weighted by Gasteiger charge is 2.22. The highest BCUT2D eigenvalue weighted by Crippen LogP contribution is 2.27. The number of hydrogen-bond acceptors (Lipinski definition) is 4. The van der Waals surface area contributed by atoms with E-state index in [9.17, 15) is 24.0 Å². The van der Waals surface area contributed by atoms with E-state index in [1.807, 2.05) is 0 Å². The molecule has 1 rings (SSSR count). The number of nitrogens with two attached hydrogens (primary N) is 1. The molecule has 0 saturated carbocycles. The number of nitro benzene ring substituents is 1. The predicted molar refractivity (Wildman–Crippen MR) is 47.0 cm³/mol. The summed E-state index contributed by atoms with van der Waals surface area (Å²) in [5, 5.41) is 19.7. The van der Waals surface area contributed by atoms with Gasteiger partial charge in [-0.25, -0.2) is 8.78 Å². The smallest absolute Gasteiger partial charge is 0.278 e. The summed E-state index contributed by atoms with van der Waals surface area (Å²) in [7, 11) is 0. The molecule has 0 amide bonds. The molecule has 0 aliphatic rings. The third kappa shape index (κ3) is 2.25. The van der Waals surface area contributed by atoms with Crippen molar-refractivity contribution in [1.82, 2.24) is 0 Å². The molecule has 1 unspecified atom stereocenters. The molecule has 7 heteroatoms. The number of rotatable bonds is 3. The molecular formula is C8H8F2N2O3. The maximum atomic E-state index is 12.8. The van der Waals surface area contributed by atoms with Crippen molar-refractivity contribution in [1.29, 1.82) is 0 Å². The van der Waals surface area contributed by atoms with Crippen LogP contribution in [-0.4, -0.2) is 16.6 Å². The summed E-state index contributed by atoms with van der Waals surface area (Å²) in [5.41, 5.74) is 4.05. The first-order valence-electron chi connectivity index (χ1n) is 3.98. The van der Waals surface area contributed by atoms with Crippen molar-refractivity contribution in [2.75, 3.05) is 6.54 Å². The summed E-state index contributed by atoms with van der Waals surface area (Å²) >= 11 is 0. The Morgan fingerprint density at radius 3 is 2.47 bits per heavy atom. The van der Waals surface area contributed by atoms with Crippen molar-refractivity contribution in [3.63, 3.8) is 0 Å². The third-order valence-electron chi connectivity index (χ3n) is 1.85. The van der Waals surface area contributed by atoms with Crippen LogP contribution in [0.2, 0.25) is 0 Å². The number of nitrogens with zero attached hydrogens (tertiary/aromatic N) is 1. The Balaban J connectivity index is 3.34. The van der Waals surface area contributed by atoms with Gasteiger partial charge in [0.2, 0.25) is 0 Å². The van der Waals surface area contributed by atoms with E-state index < -0.39 is 28.3 Å². The second-order valence-corrected chi connectivity index (χ2v) is 2.83. The van der Waals surface area contributed by atoms with Crippen LogP contribution in [0.3, 0.4) is 0 Å². The van der Waals surface area contributed by atoms with Crippen LogP contribution in [0.1, 0.15) is 11.7 Å². The van der Waals surface area contributed by atoms with Crippen LogP contribution in [0.5, 0.6) is 0 Å². The van der Waals surface area contributed by atoms with Gasteiger partial charge in [0.25, 0.3) is 5.69 Å². The number of benzene rings is 1. The molecule has 0 fully saturated rings. The van der Waals surface area contributed by atoms with E-state index >= 15 is 0 Å². The molecule has 0 aliphatic heterocycles. The highest BCUT2D eigenvalue weighted by molar-refractivity contribution is 5.42. The average Bonchev–Trinajstić information content (AvgIpc) is 2.20. The maximum absolute atomic E-state index is 12.8. The lowest BCUT2D eigenvalue weighted by Gasteiger charge is -2.08. The first-order valence-corrected chi connectivity index (χ1v) is 3.98.